The Hall–Kier alpha value is -4.84. The lowest BCUT2D eigenvalue weighted by atomic mass is 9.84. The van der Waals surface area contributed by atoms with Crippen LogP contribution in [0.15, 0.2) is 70.3 Å². The second-order valence-corrected chi connectivity index (χ2v) is 9.37. The van der Waals surface area contributed by atoms with E-state index in [-0.39, 0.29) is 10.9 Å². The van der Waals surface area contributed by atoms with E-state index in [4.69, 9.17) is 18.9 Å². The van der Waals surface area contributed by atoms with Gasteiger partial charge in [0.05, 0.1) is 28.4 Å². The van der Waals surface area contributed by atoms with Gasteiger partial charge in [-0.3, -0.25) is 9.59 Å². The largest absolute Gasteiger partial charge is 0.497 e. The first-order valence-electron chi connectivity index (χ1n) is 12.2. The Labute approximate surface area is 216 Å². The lowest BCUT2D eigenvalue weighted by Gasteiger charge is -2.20. The lowest BCUT2D eigenvalue weighted by molar-refractivity contribution is 0.398. The highest BCUT2D eigenvalue weighted by molar-refractivity contribution is 6.42. The normalized spacial score (nSPS) is 11.9. The summed E-state index contributed by atoms with van der Waals surface area (Å²) >= 11 is 0. The van der Waals surface area contributed by atoms with Gasteiger partial charge in [-0.05, 0) is 22.9 Å². The molecule has 0 radical (unpaired) electrons. The second kappa shape index (κ2) is 7.83. The summed E-state index contributed by atoms with van der Waals surface area (Å²) in [4.78, 5) is 27.9. The summed E-state index contributed by atoms with van der Waals surface area (Å²) in [5, 5.41) is 8.72. The number of rotatable bonds is 4. The van der Waals surface area contributed by atoms with E-state index in [9.17, 15) is 9.59 Å². The molecule has 0 aliphatic rings. The zero-order valence-corrected chi connectivity index (χ0v) is 21.2. The number of methoxy groups -OCH3 is 4. The lowest BCUT2D eigenvalue weighted by Crippen LogP contribution is -2.08. The van der Waals surface area contributed by atoms with E-state index < -0.39 is 0 Å². The van der Waals surface area contributed by atoms with Crippen LogP contribution in [-0.2, 0) is 0 Å². The highest BCUT2D eigenvalue weighted by Crippen LogP contribution is 2.48. The molecule has 0 bridgehead atoms. The SMILES string of the molecule is COc1cc(OC)c2c(c1)c(=O)c1cccc3c1c2c1cccc2c(=O)c4cc(OC)cc(OC)c4c3c21. The van der Waals surface area contributed by atoms with Gasteiger partial charge in [0.1, 0.15) is 23.0 Å². The number of hydrogen-bond acceptors (Lipinski definition) is 6. The average Bonchev–Trinajstić information content (AvgIpc) is 2.96. The minimum atomic E-state index is -0.105. The zero-order valence-electron chi connectivity index (χ0n) is 21.2. The third-order valence-electron chi connectivity index (χ3n) is 7.71. The molecule has 0 atom stereocenters. The summed E-state index contributed by atoms with van der Waals surface area (Å²) in [6.07, 6.45) is 0. The van der Waals surface area contributed by atoms with Crippen LogP contribution in [-0.4, -0.2) is 28.4 Å². The zero-order chi connectivity index (χ0) is 26.3. The molecule has 0 spiro atoms. The molecule has 6 heteroatoms. The van der Waals surface area contributed by atoms with E-state index in [0.29, 0.717) is 55.3 Å². The first kappa shape index (κ1) is 22.4. The molecule has 0 heterocycles. The topological polar surface area (TPSA) is 71.1 Å². The van der Waals surface area contributed by atoms with Crippen LogP contribution in [0.4, 0.5) is 0 Å². The number of hydrogen-bond donors (Lipinski definition) is 0. The molecular formula is C32H22O6. The van der Waals surface area contributed by atoms with Gasteiger partial charge >= 0.3 is 0 Å². The molecule has 0 fully saturated rings. The van der Waals surface area contributed by atoms with Crippen molar-refractivity contribution in [1.29, 1.82) is 0 Å². The second-order valence-electron chi connectivity index (χ2n) is 9.37. The van der Waals surface area contributed by atoms with E-state index in [1.165, 1.54) is 0 Å². The maximum absolute atomic E-state index is 13.9. The van der Waals surface area contributed by atoms with Gasteiger partial charge < -0.3 is 18.9 Å². The molecule has 0 amide bonds. The molecule has 0 aliphatic carbocycles. The third-order valence-corrected chi connectivity index (χ3v) is 7.71. The van der Waals surface area contributed by atoms with Crippen LogP contribution in [0, 0.1) is 0 Å². The summed E-state index contributed by atoms with van der Waals surface area (Å²) in [6, 6.07) is 18.6. The van der Waals surface area contributed by atoms with Gasteiger partial charge in [0, 0.05) is 66.0 Å². The van der Waals surface area contributed by atoms with Crippen molar-refractivity contribution in [2.75, 3.05) is 28.4 Å². The van der Waals surface area contributed by atoms with Crippen molar-refractivity contribution >= 4 is 64.6 Å². The van der Waals surface area contributed by atoms with E-state index in [2.05, 4.69) is 0 Å². The summed E-state index contributed by atoms with van der Waals surface area (Å²) in [5.74, 6) is 2.15. The molecule has 0 unspecified atom stereocenters. The molecule has 0 saturated carbocycles. The maximum atomic E-state index is 13.9. The molecule has 0 N–H and O–H groups in total. The molecule has 0 aliphatic heterocycles. The monoisotopic (exact) mass is 502 g/mol. The third kappa shape index (κ3) is 2.66. The van der Waals surface area contributed by atoms with Gasteiger partial charge in [0.15, 0.2) is 10.9 Å². The fourth-order valence-corrected chi connectivity index (χ4v) is 6.13. The summed E-state index contributed by atoms with van der Waals surface area (Å²) in [6.45, 7) is 0. The van der Waals surface area contributed by atoms with Crippen LogP contribution >= 0.6 is 0 Å². The van der Waals surface area contributed by atoms with E-state index in [1.807, 2.05) is 36.4 Å². The highest BCUT2D eigenvalue weighted by Gasteiger charge is 2.24. The highest BCUT2D eigenvalue weighted by atomic mass is 16.5. The standard InChI is InChI=1S/C32H22O6/c1-35-15-11-21-27(23(13-15)37-3)29-17-7-6-10-20-26(17)30(18-8-5-9-19(25(18)29)31(21)33)28-22(32(20)34)12-16(36-2)14-24(28)38-4/h5-14H,1-4H3. The van der Waals surface area contributed by atoms with Crippen LogP contribution < -0.4 is 29.8 Å². The van der Waals surface area contributed by atoms with E-state index in [1.54, 1.807) is 52.7 Å². The molecule has 7 aromatic rings. The molecule has 7 aromatic carbocycles. The molecule has 7 rings (SSSR count). The van der Waals surface area contributed by atoms with Gasteiger partial charge in [-0.1, -0.05) is 36.4 Å². The summed E-state index contributed by atoms with van der Waals surface area (Å²) in [5.41, 5.74) is -0.210. The van der Waals surface area contributed by atoms with Crippen molar-refractivity contribution in [3.63, 3.8) is 0 Å². The number of fused-ring (bicyclic) bond motifs is 6. The Balaban J connectivity index is 1.92. The fourth-order valence-electron chi connectivity index (χ4n) is 6.13. The van der Waals surface area contributed by atoms with Crippen LogP contribution in [0.5, 0.6) is 23.0 Å². The van der Waals surface area contributed by atoms with E-state index in [0.717, 1.165) is 32.3 Å². The molecule has 6 nitrogen and oxygen atoms in total. The summed E-state index contributed by atoms with van der Waals surface area (Å²) in [7, 11) is 6.30. The van der Waals surface area contributed by atoms with Gasteiger partial charge in [0.2, 0.25) is 0 Å². The number of benzene rings is 7. The smallest absolute Gasteiger partial charge is 0.194 e. The van der Waals surface area contributed by atoms with Crippen LogP contribution in [0.3, 0.4) is 0 Å². The van der Waals surface area contributed by atoms with Crippen LogP contribution in [0.2, 0.25) is 0 Å². The Bertz CT molecular complexity index is 2060. The van der Waals surface area contributed by atoms with Crippen molar-refractivity contribution < 1.29 is 18.9 Å². The van der Waals surface area contributed by atoms with Crippen molar-refractivity contribution in [2.24, 2.45) is 0 Å². The Kier molecular flexibility index (Phi) is 4.61. The van der Waals surface area contributed by atoms with Crippen LogP contribution in [0.25, 0.3) is 64.6 Å². The number of ether oxygens (including phenoxy) is 4. The predicted octanol–water partition coefficient (Wildman–Crippen LogP) is 6.24. The first-order valence-corrected chi connectivity index (χ1v) is 12.2. The minimum Gasteiger partial charge on any atom is -0.497 e. The Morgan fingerprint density at radius 1 is 0.421 bits per heavy atom. The molecular weight excluding hydrogens is 480 g/mol. The Morgan fingerprint density at radius 2 is 0.816 bits per heavy atom. The molecule has 0 aromatic heterocycles. The average molecular weight is 503 g/mol. The fraction of sp³-hybridized carbons (Fsp3) is 0.125. The van der Waals surface area contributed by atoms with E-state index >= 15 is 0 Å². The van der Waals surface area contributed by atoms with Crippen molar-refractivity contribution in [3.05, 3.63) is 81.1 Å². The van der Waals surface area contributed by atoms with Gasteiger partial charge in [-0.25, -0.2) is 0 Å². The molecule has 186 valence electrons. The van der Waals surface area contributed by atoms with Crippen molar-refractivity contribution in [3.8, 4) is 23.0 Å². The molecule has 0 saturated heterocycles. The van der Waals surface area contributed by atoms with Crippen molar-refractivity contribution in [1.82, 2.24) is 0 Å². The minimum absolute atomic E-state index is 0.105. The predicted molar refractivity (Wildman–Crippen MR) is 153 cm³/mol. The molecule has 38 heavy (non-hydrogen) atoms. The first-order chi connectivity index (χ1) is 18.5. The van der Waals surface area contributed by atoms with Gasteiger partial charge in [-0.15, -0.1) is 0 Å². The van der Waals surface area contributed by atoms with Crippen molar-refractivity contribution in [2.45, 2.75) is 0 Å². The maximum Gasteiger partial charge on any atom is 0.194 e. The summed E-state index contributed by atoms with van der Waals surface area (Å²) < 4.78 is 22.6. The van der Waals surface area contributed by atoms with Gasteiger partial charge in [0.25, 0.3) is 0 Å². The quantitative estimate of drug-likeness (QED) is 0.210. The van der Waals surface area contributed by atoms with Gasteiger partial charge in [-0.2, -0.15) is 0 Å². The van der Waals surface area contributed by atoms with Crippen LogP contribution in [0.1, 0.15) is 0 Å². The Morgan fingerprint density at radius 3 is 1.18 bits per heavy atom.